The highest BCUT2D eigenvalue weighted by atomic mass is 79.9. The van der Waals surface area contributed by atoms with Gasteiger partial charge in [-0.2, -0.15) is 0 Å². The van der Waals surface area contributed by atoms with E-state index in [9.17, 15) is 9.90 Å². The maximum Gasteiger partial charge on any atom is 0.147 e. The molecule has 5 aliphatic rings. The summed E-state index contributed by atoms with van der Waals surface area (Å²) in [6.07, 6.45) is 13.6. The first kappa shape index (κ1) is 19.4. The van der Waals surface area contributed by atoms with Gasteiger partial charge in [0.1, 0.15) is 11.4 Å². The predicted molar refractivity (Wildman–Crippen MR) is 115 cm³/mol. The molecule has 7 atom stereocenters. The molecule has 2 nitrogen and oxygen atoms in total. The number of Topliss-reactive ketones (excluding diaryl/α,β-unsaturated/α-hetero) is 1. The number of alkyl halides is 1. The van der Waals surface area contributed by atoms with E-state index in [-0.39, 0.29) is 11.3 Å². The molecule has 3 heteroatoms. The molecule has 5 aliphatic carbocycles. The van der Waals surface area contributed by atoms with Gasteiger partial charge in [0.15, 0.2) is 0 Å². The van der Waals surface area contributed by atoms with Crippen molar-refractivity contribution < 1.29 is 9.90 Å². The Kier molecular flexibility index (Phi) is 4.83. The van der Waals surface area contributed by atoms with Crippen LogP contribution in [0.25, 0.3) is 0 Å². The first-order valence-corrected chi connectivity index (χ1v) is 12.6. The van der Waals surface area contributed by atoms with Crippen molar-refractivity contribution in [3.63, 3.8) is 0 Å². The number of fused-ring (bicyclic) bond motifs is 5. The summed E-state index contributed by atoms with van der Waals surface area (Å²) in [5, 5.41) is 11.6. The summed E-state index contributed by atoms with van der Waals surface area (Å²) < 4.78 is 0. The fraction of sp³-hybridized carbons (Fsp3) is 0.800. The Bertz CT molecular complexity index is 756. The number of aliphatic hydroxyl groups is 1. The van der Waals surface area contributed by atoms with E-state index in [0.29, 0.717) is 28.9 Å². The summed E-state index contributed by atoms with van der Waals surface area (Å²) >= 11 is 3.42. The van der Waals surface area contributed by atoms with Crippen LogP contribution in [0, 0.1) is 52.8 Å². The van der Waals surface area contributed by atoms with Gasteiger partial charge in [0, 0.05) is 18.3 Å². The number of carbonyl (C=O) groups excluding carboxylic acids is 1. The van der Waals surface area contributed by atoms with Gasteiger partial charge in [-0.05, 0) is 86.9 Å². The highest BCUT2D eigenvalue weighted by Crippen LogP contribution is 2.63. The molecule has 0 spiro atoms. The van der Waals surface area contributed by atoms with Gasteiger partial charge in [0.2, 0.25) is 0 Å². The Morgan fingerprint density at radius 1 is 1.18 bits per heavy atom. The van der Waals surface area contributed by atoms with Gasteiger partial charge in [-0.25, -0.2) is 0 Å². The zero-order valence-corrected chi connectivity index (χ0v) is 18.6. The minimum atomic E-state index is -0.776. The number of halogens is 1. The van der Waals surface area contributed by atoms with Gasteiger partial charge < -0.3 is 5.11 Å². The van der Waals surface area contributed by atoms with E-state index in [1.54, 1.807) is 0 Å². The van der Waals surface area contributed by atoms with Crippen LogP contribution in [0.3, 0.4) is 0 Å². The number of allylic oxidation sites excluding steroid dienone is 1. The average Bonchev–Trinajstić information content (AvgIpc) is 3.45. The molecule has 0 radical (unpaired) electrons. The molecule has 152 valence electrons. The maximum absolute atomic E-state index is 12.5. The third-order valence-electron chi connectivity index (χ3n) is 9.11. The molecule has 0 heterocycles. The lowest BCUT2D eigenvalue weighted by molar-refractivity contribution is -0.126. The van der Waals surface area contributed by atoms with E-state index in [4.69, 9.17) is 0 Å². The van der Waals surface area contributed by atoms with Crippen LogP contribution in [0.15, 0.2) is 11.6 Å². The third kappa shape index (κ3) is 3.14. The monoisotopic (exact) mass is 444 g/mol. The summed E-state index contributed by atoms with van der Waals surface area (Å²) in [6.45, 7) is 2.42. The Morgan fingerprint density at radius 3 is 2.75 bits per heavy atom. The quantitative estimate of drug-likeness (QED) is 0.357. The Hall–Kier alpha value is -0.590. The van der Waals surface area contributed by atoms with Crippen molar-refractivity contribution in [2.45, 2.75) is 76.7 Å². The molecule has 0 bridgehead atoms. The molecule has 0 aromatic rings. The van der Waals surface area contributed by atoms with Crippen LogP contribution in [-0.2, 0) is 4.79 Å². The molecule has 0 amide bonds. The van der Waals surface area contributed by atoms with Gasteiger partial charge in [-0.15, -0.1) is 0 Å². The summed E-state index contributed by atoms with van der Waals surface area (Å²) in [5.74, 6) is 10.7. The van der Waals surface area contributed by atoms with Crippen LogP contribution >= 0.6 is 15.9 Å². The molecule has 0 saturated heterocycles. The van der Waals surface area contributed by atoms with Crippen molar-refractivity contribution in [1.82, 2.24) is 0 Å². The number of hydrogen-bond donors (Lipinski definition) is 1. The molecular weight excluding hydrogens is 412 g/mol. The van der Waals surface area contributed by atoms with E-state index < -0.39 is 5.60 Å². The Labute approximate surface area is 178 Å². The first-order chi connectivity index (χ1) is 13.4. The minimum absolute atomic E-state index is 0.211. The van der Waals surface area contributed by atoms with Crippen molar-refractivity contribution in [2.24, 2.45) is 40.9 Å². The topological polar surface area (TPSA) is 37.3 Å². The van der Waals surface area contributed by atoms with Crippen molar-refractivity contribution in [3.8, 4) is 11.8 Å². The SMILES string of the molecule is C[C@]12CC[C@H]3[C@@H](CC=C4C[C@@](O)(C#CC5CC5)CC[C@@H]43)[C@@H]1CC[C@@H]2C(=O)CBr. The fourth-order valence-electron chi connectivity index (χ4n) is 7.49. The zero-order chi connectivity index (χ0) is 19.5. The maximum atomic E-state index is 12.5. The van der Waals surface area contributed by atoms with Crippen LogP contribution in [0.4, 0.5) is 0 Å². The van der Waals surface area contributed by atoms with Crippen LogP contribution in [0.1, 0.15) is 71.1 Å². The van der Waals surface area contributed by atoms with Crippen LogP contribution in [0.5, 0.6) is 0 Å². The van der Waals surface area contributed by atoms with Gasteiger partial charge >= 0.3 is 0 Å². The van der Waals surface area contributed by atoms with E-state index >= 15 is 0 Å². The number of hydrogen-bond acceptors (Lipinski definition) is 2. The second kappa shape index (κ2) is 6.98. The van der Waals surface area contributed by atoms with Gasteiger partial charge in [0.05, 0.1) is 5.33 Å². The van der Waals surface area contributed by atoms with Crippen molar-refractivity contribution in [3.05, 3.63) is 11.6 Å². The Balaban J connectivity index is 1.35. The highest BCUT2D eigenvalue weighted by Gasteiger charge is 2.57. The lowest BCUT2D eigenvalue weighted by atomic mass is 9.51. The number of rotatable bonds is 2. The van der Waals surface area contributed by atoms with E-state index in [1.807, 2.05) is 0 Å². The van der Waals surface area contributed by atoms with Gasteiger partial charge in [0.25, 0.3) is 0 Å². The Morgan fingerprint density at radius 2 is 2.00 bits per heavy atom. The van der Waals surface area contributed by atoms with E-state index in [0.717, 1.165) is 43.9 Å². The van der Waals surface area contributed by atoms with Gasteiger partial charge in [-0.3, -0.25) is 4.79 Å². The molecule has 4 fully saturated rings. The summed E-state index contributed by atoms with van der Waals surface area (Å²) in [5.41, 5.74) is 0.930. The standard InChI is InChI=1S/C25H33BrO2/c1-24-11-9-19-18-10-13-25(28,12-8-16-2-3-16)14-17(18)4-5-20(19)21(24)6-7-22(24)23(27)15-26/h4,16,18-22,28H,2-3,5-7,9-11,13-15H2,1H3/t18-,19+,20+,21-,22+,24-,25+/m0/s1. The molecule has 0 unspecified atom stereocenters. The number of ketones is 1. The molecular formula is C25H33BrO2. The molecule has 1 N–H and O–H groups in total. The van der Waals surface area contributed by atoms with Crippen LogP contribution in [-0.4, -0.2) is 21.8 Å². The minimum Gasteiger partial charge on any atom is -0.377 e. The summed E-state index contributed by atoms with van der Waals surface area (Å²) in [4.78, 5) is 12.5. The molecule has 0 aliphatic heterocycles. The van der Waals surface area contributed by atoms with Crippen molar-refractivity contribution >= 4 is 21.7 Å². The molecule has 0 aromatic heterocycles. The lowest BCUT2D eigenvalue weighted by Crippen LogP contribution is -2.48. The summed E-state index contributed by atoms with van der Waals surface area (Å²) in [7, 11) is 0. The molecule has 4 saturated carbocycles. The van der Waals surface area contributed by atoms with E-state index in [1.165, 1.54) is 37.7 Å². The van der Waals surface area contributed by atoms with Crippen molar-refractivity contribution in [2.75, 3.05) is 5.33 Å². The first-order valence-electron chi connectivity index (χ1n) is 11.5. The molecule has 0 aromatic carbocycles. The van der Waals surface area contributed by atoms with Gasteiger partial charge in [-0.1, -0.05) is 46.3 Å². The summed E-state index contributed by atoms with van der Waals surface area (Å²) in [6, 6.07) is 0. The van der Waals surface area contributed by atoms with Crippen LogP contribution < -0.4 is 0 Å². The molecule has 28 heavy (non-hydrogen) atoms. The molecule has 5 rings (SSSR count). The predicted octanol–water partition coefficient (Wildman–Crippen LogP) is 5.28. The van der Waals surface area contributed by atoms with Crippen LogP contribution in [0.2, 0.25) is 0 Å². The second-order valence-electron chi connectivity index (χ2n) is 10.6. The smallest absolute Gasteiger partial charge is 0.147 e. The second-order valence-corrected chi connectivity index (χ2v) is 11.2. The fourth-order valence-corrected chi connectivity index (χ4v) is 7.88. The average molecular weight is 445 g/mol. The van der Waals surface area contributed by atoms with E-state index in [2.05, 4.69) is 40.8 Å². The largest absolute Gasteiger partial charge is 0.377 e. The number of carbonyl (C=O) groups is 1. The zero-order valence-electron chi connectivity index (χ0n) is 17.1. The highest BCUT2D eigenvalue weighted by molar-refractivity contribution is 9.09. The third-order valence-corrected chi connectivity index (χ3v) is 9.66. The van der Waals surface area contributed by atoms with Crippen molar-refractivity contribution in [1.29, 1.82) is 0 Å². The normalized spacial score (nSPS) is 47.1. The lowest BCUT2D eigenvalue weighted by Gasteiger charge is -2.54.